The van der Waals surface area contributed by atoms with Gasteiger partial charge in [-0.05, 0) is 95.0 Å². The summed E-state index contributed by atoms with van der Waals surface area (Å²) in [5.74, 6) is -0.234. The van der Waals surface area contributed by atoms with Gasteiger partial charge in [-0.3, -0.25) is 19.8 Å². The number of thiocarbonyl (C=S) groups is 1. The number of anilines is 1. The maximum atomic E-state index is 13.3. The summed E-state index contributed by atoms with van der Waals surface area (Å²) in [6.07, 6.45) is 1.48. The molecule has 36 heavy (non-hydrogen) atoms. The number of rotatable bonds is 6. The van der Waals surface area contributed by atoms with Crippen LogP contribution in [0.5, 0.6) is 11.5 Å². The van der Waals surface area contributed by atoms with E-state index in [-0.39, 0.29) is 17.3 Å². The number of hydrogen-bond donors (Lipinski definition) is 1. The summed E-state index contributed by atoms with van der Waals surface area (Å²) >= 11 is 25.5. The van der Waals surface area contributed by atoms with Crippen molar-refractivity contribution in [1.29, 1.82) is 0 Å². The van der Waals surface area contributed by atoms with Crippen LogP contribution >= 0.6 is 69.6 Å². The molecule has 0 unspecified atom stereocenters. The second-order valence-corrected chi connectivity index (χ2v) is 10.3. The van der Waals surface area contributed by atoms with E-state index in [0.29, 0.717) is 41.4 Å². The molecule has 0 aliphatic carbocycles. The van der Waals surface area contributed by atoms with Crippen LogP contribution < -0.4 is 19.7 Å². The molecule has 0 spiro atoms. The number of carbonyl (C=O) groups excluding carboxylic acids is 2. The topological polar surface area (TPSA) is 67.9 Å². The Hall–Kier alpha value is -2.37. The molecule has 4 rings (SSSR count). The van der Waals surface area contributed by atoms with Gasteiger partial charge >= 0.3 is 0 Å². The number of nitrogens with zero attached hydrogens (tertiary/aromatic N) is 1. The zero-order valence-electron chi connectivity index (χ0n) is 18.5. The van der Waals surface area contributed by atoms with E-state index in [2.05, 4.69) is 27.9 Å². The lowest BCUT2D eigenvalue weighted by Crippen LogP contribution is -2.54. The third-order valence-corrected chi connectivity index (χ3v) is 7.06. The summed E-state index contributed by atoms with van der Waals surface area (Å²) < 4.78 is 12.2. The lowest BCUT2D eigenvalue weighted by atomic mass is 10.1. The monoisotopic (exact) mass is 672 g/mol. The van der Waals surface area contributed by atoms with Gasteiger partial charge in [0.2, 0.25) is 0 Å². The first kappa shape index (κ1) is 26.7. The predicted octanol–water partition coefficient (Wildman–Crippen LogP) is 6.67. The Kier molecular flexibility index (Phi) is 8.41. The summed E-state index contributed by atoms with van der Waals surface area (Å²) in [6.45, 7) is 0.192. The zero-order valence-corrected chi connectivity index (χ0v) is 23.7. The van der Waals surface area contributed by atoms with Crippen molar-refractivity contribution in [1.82, 2.24) is 5.32 Å². The van der Waals surface area contributed by atoms with Gasteiger partial charge in [0.15, 0.2) is 16.6 Å². The number of ether oxygens (including phenoxy) is 2. The third-order valence-electron chi connectivity index (χ3n) is 5.14. The van der Waals surface area contributed by atoms with E-state index in [1.54, 1.807) is 54.6 Å². The SMILES string of the molecule is COc1cc(/C=C2\C(=O)NC(=S)N(c3ccc(Cl)cc3)C2=O)cc(I)c1OCc1ccc(Cl)cc1Cl. The first-order valence-electron chi connectivity index (χ1n) is 10.3. The van der Waals surface area contributed by atoms with Gasteiger partial charge in [0.1, 0.15) is 12.2 Å². The van der Waals surface area contributed by atoms with E-state index < -0.39 is 11.8 Å². The number of benzene rings is 3. The van der Waals surface area contributed by atoms with Crippen molar-refractivity contribution < 1.29 is 19.1 Å². The summed E-state index contributed by atoms with van der Waals surface area (Å²) in [5, 5.41) is 4.08. The fourth-order valence-corrected chi connectivity index (χ4v) is 5.05. The molecule has 184 valence electrons. The summed E-state index contributed by atoms with van der Waals surface area (Å²) in [7, 11) is 1.50. The molecule has 2 amide bonds. The highest BCUT2D eigenvalue weighted by molar-refractivity contribution is 14.1. The quantitative estimate of drug-likeness (QED) is 0.137. The van der Waals surface area contributed by atoms with Crippen LogP contribution in [-0.4, -0.2) is 24.0 Å². The van der Waals surface area contributed by atoms with E-state index in [4.69, 9.17) is 56.5 Å². The molecule has 0 atom stereocenters. The fourth-order valence-electron chi connectivity index (χ4n) is 3.40. The number of carbonyl (C=O) groups is 2. The van der Waals surface area contributed by atoms with Gasteiger partial charge in [0.25, 0.3) is 11.8 Å². The van der Waals surface area contributed by atoms with Crippen molar-refractivity contribution in [2.45, 2.75) is 6.61 Å². The van der Waals surface area contributed by atoms with Gasteiger partial charge in [-0.1, -0.05) is 40.9 Å². The normalized spacial score (nSPS) is 14.8. The lowest BCUT2D eigenvalue weighted by molar-refractivity contribution is -0.122. The van der Waals surface area contributed by atoms with Crippen molar-refractivity contribution in [3.63, 3.8) is 0 Å². The van der Waals surface area contributed by atoms with E-state index in [1.165, 1.54) is 18.1 Å². The molecule has 3 aromatic carbocycles. The Bertz CT molecular complexity index is 1410. The first-order chi connectivity index (χ1) is 17.2. The second-order valence-electron chi connectivity index (χ2n) is 7.49. The molecular weight excluding hydrogens is 658 g/mol. The molecule has 1 saturated heterocycles. The number of halogens is 4. The van der Waals surface area contributed by atoms with Crippen LogP contribution in [0.4, 0.5) is 5.69 Å². The van der Waals surface area contributed by atoms with Gasteiger partial charge in [-0.25, -0.2) is 0 Å². The van der Waals surface area contributed by atoms with E-state index in [1.807, 2.05) is 0 Å². The number of amides is 2. The van der Waals surface area contributed by atoms with Crippen LogP contribution in [0.1, 0.15) is 11.1 Å². The largest absolute Gasteiger partial charge is 0.493 e. The number of hydrogen-bond acceptors (Lipinski definition) is 5. The Labute approximate surface area is 241 Å². The molecule has 1 aliphatic rings. The van der Waals surface area contributed by atoms with Gasteiger partial charge in [0.05, 0.1) is 16.4 Å². The van der Waals surface area contributed by atoms with Crippen LogP contribution in [0.25, 0.3) is 6.08 Å². The maximum Gasteiger partial charge on any atom is 0.270 e. The summed E-state index contributed by atoms with van der Waals surface area (Å²) in [5.41, 5.74) is 1.72. The Balaban J connectivity index is 1.64. The fraction of sp³-hybridized carbons (Fsp3) is 0.0800. The van der Waals surface area contributed by atoms with Crippen molar-refractivity contribution in [2.75, 3.05) is 12.0 Å². The molecule has 0 aromatic heterocycles. The molecule has 0 saturated carbocycles. The van der Waals surface area contributed by atoms with Crippen LogP contribution in [-0.2, 0) is 16.2 Å². The highest BCUT2D eigenvalue weighted by Gasteiger charge is 2.34. The average Bonchev–Trinajstić information content (AvgIpc) is 2.83. The second kappa shape index (κ2) is 11.4. The molecule has 1 aliphatic heterocycles. The highest BCUT2D eigenvalue weighted by atomic mass is 127. The van der Waals surface area contributed by atoms with Crippen molar-refractivity contribution in [3.8, 4) is 11.5 Å². The van der Waals surface area contributed by atoms with E-state index >= 15 is 0 Å². The molecular formula is C25H16Cl3IN2O4S. The van der Waals surface area contributed by atoms with Gasteiger partial charge in [-0.2, -0.15) is 0 Å². The van der Waals surface area contributed by atoms with Crippen LogP contribution in [0.15, 0.2) is 60.2 Å². The van der Waals surface area contributed by atoms with Crippen molar-refractivity contribution in [3.05, 3.63) is 89.9 Å². The van der Waals surface area contributed by atoms with E-state index in [0.717, 1.165) is 5.56 Å². The minimum atomic E-state index is -0.595. The zero-order chi connectivity index (χ0) is 26.0. The molecule has 11 heteroatoms. The van der Waals surface area contributed by atoms with Crippen LogP contribution in [0.3, 0.4) is 0 Å². The van der Waals surface area contributed by atoms with Crippen LogP contribution in [0, 0.1) is 3.57 Å². The molecule has 1 heterocycles. The highest BCUT2D eigenvalue weighted by Crippen LogP contribution is 2.36. The van der Waals surface area contributed by atoms with E-state index in [9.17, 15) is 9.59 Å². The Morgan fingerprint density at radius 2 is 1.72 bits per heavy atom. The first-order valence-corrected chi connectivity index (χ1v) is 12.9. The maximum absolute atomic E-state index is 13.3. The standard InChI is InChI=1S/C25H16Cl3IN2O4S/c1-34-21-10-13(9-20(29)22(21)35-12-14-2-3-16(27)11-19(14)28)8-18-23(32)30-25(36)31(24(18)33)17-6-4-15(26)5-7-17/h2-11H,12H2,1H3,(H,30,32,36)/b18-8+. The average molecular weight is 674 g/mol. The number of nitrogens with one attached hydrogen (secondary N) is 1. The summed E-state index contributed by atoms with van der Waals surface area (Å²) in [4.78, 5) is 27.2. The predicted molar refractivity (Wildman–Crippen MR) is 154 cm³/mol. The smallest absolute Gasteiger partial charge is 0.270 e. The van der Waals surface area contributed by atoms with Crippen LogP contribution in [0.2, 0.25) is 15.1 Å². The van der Waals surface area contributed by atoms with Gasteiger partial charge < -0.3 is 9.47 Å². The molecule has 1 N–H and O–H groups in total. The van der Waals surface area contributed by atoms with Gasteiger partial charge in [-0.15, -0.1) is 0 Å². The number of methoxy groups -OCH3 is 1. The molecule has 3 aromatic rings. The van der Waals surface area contributed by atoms with Crippen molar-refractivity contribution >= 4 is 98.3 Å². The third kappa shape index (κ3) is 5.78. The van der Waals surface area contributed by atoms with Crippen molar-refractivity contribution in [2.24, 2.45) is 0 Å². The molecule has 6 nitrogen and oxygen atoms in total. The lowest BCUT2D eigenvalue weighted by Gasteiger charge is -2.29. The Morgan fingerprint density at radius 1 is 1.03 bits per heavy atom. The molecule has 0 radical (unpaired) electrons. The Morgan fingerprint density at radius 3 is 2.39 bits per heavy atom. The summed E-state index contributed by atoms with van der Waals surface area (Å²) in [6, 6.07) is 15.2. The van der Waals surface area contributed by atoms with Gasteiger partial charge in [0, 0.05) is 20.6 Å². The minimum Gasteiger partial charge on any atom is -0.493 e. The minimum absolute atomic E-state index is 0.0127. The molecule has 1 fully saturated rings. The molecule has 0 bridgehead atoms.